The van der Waals surface area contributed by atoms with Gasteiger partial charge in [0.15, 0.2) is 0 Å². The van der Waals surface area contributed by atoms with Crippen molar-refractivity contribution < 1.29 is 44.3 Å². The molecule has 4 rings (SSSR count). The Labute approximate surface area is 159 Å². The van der Waals surface area contributed by atoms with Gasteiger partial charge in [0.1, 0.15) is 11.2 Å². The molecule has 1 amide bonds. The first-order valence-corrected chi connectivity index (χ1v) is 7.85. The molecule has 0 spiro atoms. The maximum Gasteiger partial charge on any atom is 1.00 e. The average Bonchev–Trinajstić information content (AvgIpc) is 3.05. The summed E-state index contributed by atoms with van der Waals surface area (Å²) in [6, 6.07) is 0. The minimum absolute atomic E-state index is 0. The number of hydrogen-bond donors (Lipinski definition) is 0. The summed E-state index contributed by atoms with van der Waals surface area (Å²) >= 11 is 1.31. The van der Waals surface area contributed by atoms with Gasteiger partial charge in [-0.25, -0.2) is 4.98 Å². The molecule has 0 N–H and O–H groups in total. The first-order chi connectivity index (χ1) is 10.5. The maximum absolute atomic E-state index is 12.1. The topological polar surface area (TPSA) is 81.5 Å². The van der Waals surface area contributed by atoms with Crippen LogP contribution in [-0.4, -0.2) is 50.2 Å². The predicted molar refractivity (Wildman–Crippen MR) is 77.9 cm³/mol. The van der Waals surface area contributed by atoms with Crippen LogP contribution in [0.25, 0.3) is 6.08 Å². The van der Waals surface area contributed by atoms with E-state index in [0.717, 1.165) is 31.2 Å². The van der Waals surface area contributed by atoms with E-state index in [0.29, 0.717) is 5.57 Å². The molecule has 4 heterocycles. The Morgan fingerprint density at radius 3 is 3.00 bits per heavy atom. The molecule has 0 unspecified atom stereocenters. The minimum Gasteiger partial charge on any atom is -0.543 e. The van der Waals surface area contributed by atoms with E-state index in [1.165, 1.54) is 22.1 Å². The number of thioether (sulfide) groups is 1. The summed E-state index contributed by atoms with van der Waals surface area (Å²) in [5.74, 6) is -0.617. The van der Waals surface area contributed by atoms with E-state index >= 15 is 0 Å². The number of β-lactam (4-membered cyclic amide) rings is 1. The van der Waals surface area contributed by atoms with Crippen LogP contribution in [-0.2, 0) is 22.7 Å². The van der Waals surface area contributed by atoms with E-state index in [9.17, 15) is 14.7 Å². The minimum atomic E-state index is -1.32. The molecule has 7 nitrogen and oxygen atoms in total. The summed E-state index contributed by atoms with van der Waals surface area (Å²) in [6.07, 6.45) is 3.70. The Kier molecular flexibility index (Phi) is 4.45. The normalized spacial score (nSPS) is 24.7. The quantitative estimate of drug-likeness (QED) is 0.312. The summed E-state index contributed by atoms with van der Waals surface area (Å²) < 4.78 is 2.10. The van der Waals surface area contributed by atoms with Crippen LogP contribution in [0.15, 0.2) is 22.9 Å². The van der Waals surface area contributed by atoms with Crippen molar-refractivity contribution in [1.82, 2.24) is 19.4 Å². The summed E-state index contributed by atoms with van der Waals surface area (Å²) in [5, 5.41) is 12.1. The number of hydrogen-bond acceptors (Lipinski definition) is 6. The Hall–Kier alpha value is -1.06. The van der Waals surface area contributed by atoms with E-state index in [-0.39, 0.29) is 46.5 Å². The number of aromatic nitrogens is 2. The first kappa shape index (κ1) is 16.8. The zero-order valence-electron chi connectivity index (χ0n) is 12.9. The van der Waals surface area contributed by atoms with Gasteiger partial charge in [0.2, 0.25) is 0 Å². The van der Waals surface area contributed by atoms with E-state index in [4.69, 9.17) is 0 Å². The molecule has 0 aliphatic carbocycles. The van der Waals surface area contributed by atoms with Crippen molar-refractivity contribution in [3.63, 3.8) is 0 Å². The number of rotatable bonds is 2. The van der Waals surface area contributed by atoms with Gasteiger partial charge in [0, 0.05) is 19.3 Å². The number of imidazole rings is 1. The molecule has 23 heavy (non-hydrogen) atoms. The van der Waals surface area contributed by atoms with Crippen LogP contribution in [0.4, 0.5) is 0 Å². The van der Waals surface area contributed by atoms with Crippen molar-refractivity contribution in [2.24, 2.45) is 0 Å². The molecule has 0 bridgehead atoms. The number of aliphatic carboxylic acids is 1. The van der Waals surface area contributed by atoms with E-state index < -0.39 is 5.97 Å². The number of likely N-dealkylation sites (N-methyl/N-ethyl adjacent to an activating group) is 1. The molecule has 3 aliphatic heterocycles. The van der Waals surface area contributed by atoms with Crippen LogP contribution < -0.4 is 34.7 Å². The first-order valence-electron chi connectivity index (χ1n) is 6.91. The van der Waals surface area contributed by atoms with Crippen LogP contribution in [0.1, 0.15) is 11.5 Å². The summed E-state index contributed by atoms with van der Waals surface area (Å²) in [7, 11) is 2.05. The monoisotopic (exact) mass is 340 g/mol. The van der Waals surface area contributed by atoms with Gasteiger partial charge in [-0.1, -0.05) is 0 Å². The Morgan fingerprint density at radius 1 is 1.48 bits per heavy atom. The van der Waals surface area contributed by atoms with Gasteiger partial charge in [0.25, 0.3) is 5.91 Å². The number of amides is 1. The fraction of sp³-hybridized carbons (Fsp3) is 0.357. The second-order valence-corrected chi connectivity index (χ2v) is 6.52. The molecule has 1 fully saturated rings. The van der Waals surface area contributed by atoms with Crippen molar-refractivity contribution in [3.8, 4) is 0 Å². The van der Waals surface area contributed by atoms with Crippen LogP contribution in [0.5, 0.6) is 0 Å². The fourth-order valence-corrected chi connectivity index (χ4v) is 4.00. The van der Waals surface area contributed by atoms with Gasteiger partial charge in [-0.05, 0) is 18.5 Å². The molecule has 1 saturated heterocycles. The molecule has 3 aliphatic rings. The van der Waals surface area contributed by atoms with Crippen LogP contribution >= 0.6 is 11.8 Å². The standard InChI is InChI=1S/C14H14N4O3S.Na/c1-16-2-3-17-5-8(15-11(17)6-16)4-9-12(19)18-10(14(20)21)7-22-13(9)18;/h4-5,7,13H,2-3,6H2,1H3,(H,20,21);/q;+1/p-1/b9-4-;/t13-;/m1./s1. The van der Waals surface area contributed by atoms with Gasteiger partial charge >= 0.3 is 29.6 Å². The predicted octanol–water partition coefficient (Wildman–Crippen LogP) is -3.78. The Bertz CT molecular complexity index is 757. The van der Waals surface area contributed by atoms with Crippen molar-refractivity contribution in [2.75, 3.05) is 13.6 Å². The number of carboxylic acids is 1. The van der Waals surface area contributed by atoms with Gasteiger partial charge in [-0.15, -0.1) is 11.8 Å². The van der Waals surface area contributed by atoms with Gasteiger partial charge in [-0.3, -0.25) is 14.6 Å². The Balaban J connectivity index is 0.00000156. The number of fused-ring (bicyclic) bond motifs is 2. The number of carbonyl (C=O) groups excluding carboxylic acids is 2. The second kappa shape index (κ2) is 6.10. The molecule has 1 aromatic rings. The maximum atomic E-state index is 12.1. The van der Waals surface area contributed by atoms with Gasteiger partial charge < -0.3 is 14.5 Å². The zero-order chi connectivity index (χ0) is 15.4. The molecule has 1 atom stereocenters. The Morgan fingerprint density at radius 2 is 2.26 bits per heavy atom. The third-order valence-corrected chi connectivity index (χ3v) is 5.14. The number of carbonyl (C=O) groups is 2. The third kappa shape index (κ3) is 2.68. The van der Waals surface area contributed by atoms with Crippen LogP contribution in [0, 0.1) is 0 Å². The molecular formula is C14H13N4NaO3S. The zero-order valence-corrected chi connectivity index (χ0v) is 15.7. The second-order valence-electron chi connectivity index (χ2n) is 5.57. The van der Waals surface area contributed by atoms with Crippen LogP contribution in [0.3, 0.4) is 0 Å². The molecule has 0 saturated carbocycles. The number of nitrogens with zero attached hydrogens (tertiary/aromatic N) is 4. The van der Waals surface area contributed by atoms with Crippen LogP contribution in [0.2, 0.25) is 0 Å². The molecule has 0 radical (unpaired) electrons. The van der Waals surface area contributed by atoms with E-state index in [1.54, 1.807) is 6.08 Å². The van der Waals surface area contributed by atoms with Crippen molar-refractivity contribution >= 4 is 29.7 Å². The number of carboxylic acid groups (broad SMARTS) is 1. The van der Waals surface area contributed by atoms with Gasteiger partial charge in [-0.2, -0.15) is 0 Å². The van der Waals surface area contributed by atoms with Crippen molar-refractivity contribution in [3.05, 3.63) is 34.4 Å². The average molecular weight is 340 g/mol. The van der Waals surface area contributed by atoms with E-state index in [1.807, 2.05) is 13.2 Å². The largest absolute Gasteiger partial charge is 1.00 e. The summed E-state index contributed by atoms with van der Waals surface area (Å²) in [6.45, 7) is 2.65. The molecule has 114 valence electrons. The molecule has 0 aromatic carbocycles. The molecule has 1 aromatic heterocycles. The third-order valence-electron chi connectivity index (χ3n) is 4.06. The summed E-state index contributed by atoms with van der Waals surface area (Å²) in [5.41, 5.74) is 1.28. The smallest absolute Gasteiger partial charge is 0.543 e. The van der Waals surface area contributed by atoms with Gasteiger partial charge in [0.05, 0.1) is 29.5 Å². The van der Waals surface area contributed by atoms with E-state index in [2.05, 4.69) is 14.5 Å². The fourth-order valence-electron chi connectivity index (χ4n) is 2.88. The SMILES string of the molecule is CN1CCn2cc(/C=C3/C(=O)N4C(C(=O)[O-])=CS[C@H]34)nc2C1.[Na+]. The summed E-state index contributed by atoms with van der Waals surface area (Å²) in [4.78, 5) is 31.1. The van der Waals surface area contributed by atoms with Crippen molar-refractivity contribution in [1.29, 1.82) is 0 Å². The van der Waals surface area contributed by atoms with Crippen molar-refractivity contribution in [2.45, 2.75) is 18.5 Å². The molecular weight excluding hydrogens is 327 g/mol. The molecule has 9 heteroatoms.